The van der Waals surface area contributed by atoms with Crippen LogP contribution in [0, 0.1) is 12.3 Å². The fourth-order valence-electron chi connectivity index (χ4n) is 2.74. The Bertz CT molecular complexity index is 528. The second-order valence-corrected chi connectivity index (χ2v) is 5.81. The number of amides is 2. The van der Waals surface area contributed by atoms with Gasteiger partial charge in [-0.1, -0.05) is 18.0 Å². The summed E-state index contributed by atoms with van der Waals surface area (Å²) in [7, 11) is 0. The number of anilines is 1. The predicted octanol–water partition coefficient (Wildman–Crippen LogP) is 1.76. The molecule has 108 valence electrons. The molecule has 1 heterocycles. The van der Waals surface area contributed by atoms with Gasteiger partial charge in [0, 0.05) is 12.1 Å². The standard InChI is InChI=1S/C14H19N3O3/c1-9-8-11(17-20-9)16-13(19)14(6-7-14)12(18)15-10-4-2-3-5-10/h8,10H,2-7H2,1H3,(H,15,18)(H,16,17,19). The number of hydrogen-bond acceptors (Lipinski definition) is 4. The lowest BCUT2D eigenvalue weighted by Gasteiger charge is -2.18. The molecule has 2 aliphatic carbocycles. The van der Waals surface area contributed by atoms with E-state index in [2.05, 4.69) is 15.8 Å². The first kappa shape index (κ1) is 13.1. The van der Waals surface area contributed by atoms with Crippen LogP contribution in [-0.2, 0) is 9.59 Å². The minimum absolute atomic E-state index is 0.137. The van der Waals surface area contributed by atoms with Gasteiger partial charge in [-0.05, 0) is 32.6 Å². The molecular formula is C14H19N3O3. The molecule has 2 amide bonds. The maximum atomic E-state index is 12.3. The maximum absolute atomic E-state index is 12.3. The molecule has 0 unspecified atom stereocenters. The second-order valence-electron chi connectivity index (χ2n) is 5.81. The Morgan fingerprint density at radius 3 is 2.55 bits per heavy atom. The molecule has 6 nitrogen and oxygen atoms in total. The lowest BCUT2D eigenvalue weighted by Crippen LogP contribution is -2.43. The highest BCUT2D eigenvalue weighted by Crippen LogP contribution is 2.47. The fourth-order valence-corrected chi connectivity index (χ4v) is 2.74. The largest absolute Gasteiger partial charge is 0.360 e. The molecule has 20 heavy (non-hydrogen) atoms. The van der Waals surface area contributed by atoms with E-state index in [1.165, 1.54) is 0 Å². The van der Waals surface area contributed by atoms with Crippen molar-refractivity contribution in [2.75, 3.05) is 5.32 Å². The fraction of sp³-hybridized carbons (Fsp3) is 0.643. The zero-order valence-electron chi connectivity index (χ0n) is 11.6. The molecule has 1 aromatic heterocycles. The minimum Gasteiger partial charge on any atom is -0.360 e. The van der Waals surface area contributed by atoms with E-state index >= 15 is 0 Å². The van der Waals surface area contributed by atoms with Gasteiger partial charge in [-0.25, -0.2) is 0 Å². The van der Waals surface area contributed by atoms with Crippen LogP contribution in [0.2, 0.25) is 0 Å². The summed E-state index contributed by atoms with van der Waals surface area (Å²) in [5, 5.41) is 9.40. The SMILES string of the molecule is Cc1cc(NC(=O)C2(C(=O)NC3CCCC3)CC2)no1. The zero-order valence-corrected chi connectivity index (χ0v) is 11.6. The van der Waals surface area contributed by atoms with E-state index < -0.39 is 5.41 Å². The molecule has 0 radical (unpaired) electrons. The summed E-state index contributed by atoms with van der Waals surface area (Å²) in [4.78, 5) is 24.6. The Balaban J connectivity index is 1.62. The van der Waals surface area contributed by atoms with Crippen molar-refractivity contribution in [3.05, 3.63) is 11.8 Å². The monoisotopic (exact) mass is 277 g/mol. The summed E-state index contributed by atoms with van der Waals surface area (Å²) < 4.78 is 4.90. The molecule has 2 aliphatic rings. The number of nitrogens with zero attached hydrogens (tertiary/aromatic N) is 1. The van der Waals surface area contributed by atoms with Gasteiger partial charge in [-0.3, -0.25) is 9.59 Å². The topological polar surface area (TPSA) is 84.2 Å². The average Bonchev–Trinajstić information content (AvgIpc) is 2.91. The van der Waals surface area contributed by atoms with Gasteiger partial charge in [-0.2, -0.15) is 0 Å². The Labute approximate surface area is 117 Å². The normalized spacial score (nSPS) is 20.6. The lowest BCUT2D eigenvalue weighted by atomic mass is 10.0. The van der Waals surface area contributed by atoms with Gasteiger partial charge in [-0.15, -0.1) is 0 Å². The molecule has 2 saturated carbocycles. The van der Waals surface area contributed by atoms with Crippen LogP contribution in [0.4, 0.5) is 5.82 Å². The molecule has 0 bridgehead atoms. The second kappa shape index (κ2) is 4.92. The summed E-state index contributed by atoms with van der Waals surface area (Å²) >= 11 is 0. The van der Waals surface area contributed by atoms with E-state index in [0.717, 1.165) is 25.7 Å². The first-order chi connectivity index (χ1) is 9.60. The summed E-state index contributed by atoms with van der Waals surface area (Å²) in [6.07, 6.45) is 5.56. The van der Waals surface area contributed by atoms with Crippen molar-refractivity contribution in [2.45, 2.75) is 51.5 Å². The van der Waals surface area contributed by atoms with Gasteiger partial charge in [0.05, 0.1) is 0 Å². The molecular weight excluding hydrogens is 258 g/mol. The first-order valence-electron chi connectivity index (χ1n) is 7.16. The van der Waals surface area contributed by atoms with Crippen LogP contribution in [0.25, 0.3) is 0 Å². The summed E-state index contributed by atoms with van der Waals surface area (Å²) in [6.45, 7) is 1.75. The van der Waals surface area contributed by atoms with Crippen LogP contribution in [0.3, 0.4) is 0 Å². The van der Waals surface area contributed by atoms with Gasteiger partial charge in [0.25, 0.3) is 0 Å². The molecule has 6 heteroatoms. The molecule has 0 aliphatic heterocycles. The predicted molar refractivity (Wildman–Crippen MR) is 71.9 cm³/mol. The molecule has 0 atom stereocenters. The maximum Gasteiger partial charge on any atom is 0.241 e. The van der Waals surface area contributed by atoms with Gasteiger partial charge >= 0.3 is 0 Å². The van der Waals surface area contributed by atoms with Crippen LogP contribution in [0.15, 0.2) is 10.6 Å². The van der Waals surface area contributed by atoms with Crippen molar-refractivity contribution >= 4 is 17.6 Å². The highest BCUT2D eigenvalue weighted by atomic mass is 16.5. The summed E-state index contributed by atoms with van der Waals surface area (Å²) in [5.41, 5.74) is -0.893. The Kier molecular flexibility index (Phi) is 3.23. The van der Waals surface area contributed by atoms with E-state index in [9.17, 15) is 9.59 Å². The molecule has 0 aromatic carbocycles. The molecule has 1 aromatic rings. The quantitative estimate of drug-likeness (QED) is 0.821. The number of aromatic nitrogens is 1. The number of aryl methyl sites for hydroxylation is 1. The van der Waals surface area contributed by atoms with Crippen molar-refractivity contribution < 1.29 is 14.1 Å². The van der Waals surface area contributed by atoms with Gasteiger partial charge < -0.3 is 15.2 Å². The number of carbonyl (C=O) groups is 2. The number of nitrogens with one attached hydrogen (secondary N) is 2. The van der Waals surface area contributed by atoms with Crippen LogP contribution in [-0.4, -0.2) is 23.0 Å². The lowest BCUT2D eigenvalue weighted by molar-refractivity contribution is -0.134. The van der Waals surface area contributed by atoms with Crippen LogP contribution in [0.5, 0.6) is 0 Å². The van der Waals surface area contributed by atoms with Crippen molar-refractivity contribution in [1.82, 2.24) is 10.5 Å². The summed E-state index contributed by atoms with van der Waals surface area (Å²) in [5.74, 6) is 0.580. The van der Waals surface area contributed by atoms with Gasteiger partial charge in [0.2, 0.25) is 11.8 Å². The Morgan fingerprint density at radius 1 is 1.30 bits per heavy atom. The molecule has 3 rings (SSSR count). The van der Waals surface area contributed by atoms with Crippen molar-refractivity contribution in [3.8, 4) is 0 Å². The van der Waals surface area contributed by atoms with Crippen LogP contribution >= 0.6 is 0 Å². The molecule has 2 N–H and O–H groups in total. The summed E-state index contributed by atoms with van der Waals surface area (Å²) in [6, 6.07) is 1.88. The van der Waals surface area contributed by atoms with E-state index in [1.54, 1.807) is 13.0 Å². The van der Waals surface area contributed by atoms with Crippen molar-refractivity contribution in [1.29, 1.82) is 0 Å². The zero-order chi connectivity index (χ0) is 14.2. The third-order valence-corrected chi connectivity index (χ3v) is 4.18. The molecule has 2 fully saturated rings. The minimum atomic E-state index is -0.893. The first-order valence-corrected chi connectivity index (χ1v) is 7.16. The number of rotatable bonds is 4. The van der Waals surface area contributed by atoms with Gasteiger partial charge in [0.1, 0.15) is 11.2 Å². The highest BCUT2D eigenvalue weighted by Gasteiger charge is 2.57. The highest BCUT2D eigenvalue weighted by molar-refractivity contribution is 6.12. The van der Waals surface area contributed by atoms with Crippen LogP contribution < -0.4 is 10.6 Å². The molecule has 0 saturated heterocycles. The smallest absolute Gasteiger partial charge is 0.241 e. The third-order valence-electron chi connectivity index (χ3n) is 4.18. The van der Waals surface area contributed by atoms with E-state index in [4.69, 9.17) is 4.52 Å². The van der Waals surface area contributed by atoms with E-state index in [0.29, 0.717) is 24.4 Å². The average molecular weight is 277 g/mol. The van der Waals surface area contributed by atoms with Gasteiger partial charge in [0.15, 0.2) is 5.82 Å². The molecule has 0 spiro atoms. The van der Waals surface area contributed by atoms with E-state index in [-0.39, 0.29) is 17.9 Å². The number of hydrogen-bond donors (Lipinski definition) is 2. The number of carbonyl (C=O) groups excluding carboxylic acids is 2. The Hall–Kier alpha value is -1.85. The Morgan fingerprint density at radius 2 is 2.00 bits per heavy atom. The third kappa shape index (κ3) is 2.42. The van der Waals surface area contributed by atoms with E-state index in [1.807, 2.05) is 0 Å². The van der Waals surface area contributed by atoms with Crippen LogP contribution in [0.1, 0.15) is 44.3 Å². The van der Waals surface area contributed by atoms with Crippen molar-refractivity contribution in [3.63, 3.8) is 0 Å². The van der Waals surface area contributed by atoms with Crippen molar-refractivity contribution in [2.24, 2.45) is 5.41 Å².